The van der Waals surface area contributed by atoms with E-state index < -0.39 is 29.1 Å². The number of carbonyl (C=O) groups is 1. The second-order valence-electron chi connectivity index (χ2n) is 5.90. The van der Waals surface area contributed by atoms with Crippen LogP contribution in [-0.2, 0) is 6.18 Å². The van der Waals surface area contributed by atoms with E-state index in [4.69, 9.17) is 9.47 Å². The molecule has 0 saturated heterocycles. The van der Waals surface area contributed by atoms with Gasteiger partial charge in [-0.2, -0.15) is 13.2 Å². The van der Waals surface area contributed by atoms with Gasteiger partial charge in [-0.3, -0.25) is 0 Å². The summed E-state index contributed by atoms with van der Waals surface area (Å²) in [4.78, 5) is 12.2. The van der Waals surface area contributed by atoms with Gasteiger partial charge in [0.1, 0.15) is 11.5 Å². The van der Waals surface area contributed by atoms with E-state index in [1.165, 1.54) is 0 Å². The van der Waals surface area contributed by atoms with Crippen LogP contribution in [0, 0.1) is 11.8 Å². The van der Waals surface area contributed by atoms with E-state index in [-0.39, 0.29) is 11.3 Å². The lowest BCUT2D eigenvalue weighted by atomic mass is 10.1. The summed E-state index contributed by atoms with van der Waals surface area (Å²) in [6.45, 7) is 4.64. The molecule has 0 spiro atoms. The van der Waals surface area contributed by atoms with Crippen LogP contribution in [0.25, 0.3) is 0 Å². The third kappa shape index (κ3) is 5.03. The predicted molar refractivity (Wildman–Crippen MR) is 91.0 cm³/mol. The minimum Gasteiger partial charge on any atom is -0.475 e. The summed E-state index contributed by atoms with van der Waals surface area (Å²) in [5.74, 6) is 4.32. The van der Waals surface area contributed by atoms with Gasteiger partial charge in [-0.1, -0.05) is 24.1 Å². The van der Waals surface area contributed by atoms with Crippen molar-refractivity contribution in [3.05, 3.63) is 59.7 Å². The van der Waals surface area contributed by atoms with Crippen molar-refractivity contribution in [1.29, 1.82) is 0 Å². The molecule has 136 valence electrons. The molecule has 0 fully saturated rings. The monoisotopic (exact) mass is 362 g/mol. The number of hydrogen-bond acceptors (Lipinski definition) is 3. The fourth-order valence-electron chi connectivity index (χ4n) is 2.22. The Kier molecular flexibility index (Phi) is 5.61. The summed E-state index contributed by atoms with van der Waals surface area (Å²) in [5, 5.41) is 0. The molecule has 0 unspecified atom stereocenters. The Morgan fingerprint density at radius 2 is 1.69 bits per heavy atom. The summed E-state index contributed by atoms with van der Waals surface area (Å²) < 4.78 is 50.4. The minimum absolute atomic E-state index is 0.0582. The van der Waals surface area contributed by atoms with Crippen LogP contribution in [0.3, 0.4) is 0 Å². The zero-order chi connectivity index (χ0) is 19.4. The van der Waals surface area contributed by atoms with Crippen LogP contribution in [0.1, 0.15) is 36.7 Å². The lowest BCUT2D eigenvalue weighted by Gasteiger charge is -2.23. The molecular formula is C20H17F3O3. The Balaban J connectivity index is 2.38. The van der Waals surface area contributed by atoms with Crippen LogP contribution in [-0.4, -0.2) is 11.6 Å². The predicted octanol–water partition coefficient (Wildman–Crippen LogP) is 5.11. The number of halogens is 3. The number of ether oxygens (including phenoxy) is 2. The fraction of sp³-hybridized carbons (Fsp3) is 0.250. The third-order valence-corrected chi connectivity index (χ3v) is 3.27. The molecule has 3 nitrogen and oxygen atoms in total. The molecule has 0 aliphatic heterocycles. The fourth-order valence-corrected chi connectivity index (χ4v) is 2.22. The average Bonchev–Trinajstić information content (AvgIpc) is 2.54. The van der Waals surface area contributed by atoms with E-state index in [0.29, 0.717) is 0 Å². The average molecular weight is 362 g/mol. The maximum absolute atomic E-state index is 13.3. The van der Waals surface area contributed by atoms with Crippen LogP contribution >= 0.6 is 0 Å². The highest BCUT2D eigenvalue weighted by Crippen LogP contribution is 2.38. The first-order valence-electron chi connectivity index (χ1n) is 7.74. The van der Waals surface area contributed by atoms with Gasteiger partial charge in [0.05, 0.1) is 11.1 Å². The maximum atomic E-state index is 13.3. The Morgan fingerprint density at radius 1 is 1.04 bits per heavy atom. The highest BCUT2D eigenvalue weighted by atomic mass is 19.4. The van der Waals surface area contributed by atoms with Gasteiger partial charge in [-0.05, 0) is 51.1 Å². The molecule has 26 heavy (non-hydrogen) atoms. The lowest BCUT2D eigenvalue weighted by Crippen LogP contribution is -2.27. The zero-order valence-corrected chi connectivity index (χ0v) is 14.5. The molecule has 6 heteroatoms. The lowest BCUT2D eigenvalue weighted by molar-refractivity contribution is -0.139. The van der Waals surface area contributed by atoms with E-state index in [0.717, 1.165) is 18.2 Å². The van der Waals surface area contributed by atoms with Crippen molar-refractivity contribution in [2.75, 3.05) is 0 Å². The summed E-state index contributed by atoms with van der Waals surface area (Å²) >= 11 is 0. The molecule has 0 aliphatic rings. The maximum Gasteiger partial charge on any atom is 0.419 e. The van der Waals surface area contributed by atoms with Gasteiger partial charge in [0, 0.05) is 0 Å². The molecule has 0 saturated carbocycles. The van der Waals surface area contributed by atoms with Gasteiger partial charge < -0.3 is 9.47 Å². The molecule has 0 N–H and O–H groups in total. The van der Waals surface area contributed by atoms with Crippen LogP contribution in [0.2, 0.25) is 0 Å². The van der Waals surface area contributed by atoms with Crippen molar-refractivity contribution >= 4 is 5.97 Å². The molecule has 2 rings (SSSR count). The topological polar surface area (TPSA) is 35.5 Å². The third-order valence-electron chi connectivity index (χ3n) is 3.27. The van der Waals surface area contributed by atoms with Crippen molar-refractivity contribution in [3.63, 3.8) is 0 Å². The number of para-hydroxylation sites is 1. The van der Waals surface area contributed by atoms with Crippen LogP contribution in [0.4, 0.5) is 13.2 Å². The smallest absolute Gasteiger partial charge is 0.419 e. The first-order chi connectivity index (χ1) is 12.1. The molecule has 0 radical (unpaired) electrons. The number of hydrogen-bond donors (Lipinski definition) is 0. The van der Waals surface area contributed by atoms with Crippen molar-refractivity contribution in [3.8, 4) is 23.3 Å². The Hall–Kier alpha value is -2.94. The van der Waals surface area contributed by atoms with Crippen molar-refractivity contribution in [1.82, 2.24) is 0 Å². The molecule has 0 amide bonds. The SMILES string of the molecule is CC#CC(C)(C)Oc1cc(C(=O)Oc2ccccc2)ccc1C(F)(F)F. The molecule has 0 bridgehead atoms. The molecule has 0 aliphatic carbocycles. The summed E-state index contributed by atoms with van der Waals surface area (Å²) in [6.07, 6.45) is -4.63. The zero-order valence-electron chi connectivity index (χ0n) is 14.5. The van der Waals surface area contributed by atoms with Gasteiger partial charge in [0.25, 0.3) is 0 Å². The first-order valence-corrected chi connectivity index (χ1v) is 7.74. The van der Waals surface area contributed by atoms with E-state index >= 15 is 0 Å². The van der Waals surface area contributed by atoms with E-state index in [2.05, 4.69) is 11.8 Å². The van der Waals surface area contributed by atoms with Crippen molar-refractivity contribution in [2.24, 2.45) is 0 Å². The number of esters is 1. The summed E-state index contributed by atoms with van der Waals surface area (Å²) in [7, 11) is 0. The largest absolute Gasteiger partial charge is 0.475 e. The number of alkyl halides is 3. The molecule has 2 aromatic carbocycles. The van der Waals surface area contributed by atoms with Gasteiger partial charge in [0.15, 0.2) is 5.60 Å². The number of carbonyl (C=O) groups excluding carboxylic acids is 1. The highest BCUT2D eigenvalue weighted by Gasteiger charge is 2.36. The van der Waals surface area contributed by atoms with Crippen LogP contribution in [0.5, 0.6) is 11.5 Å². The standard InChI is InChI=1S/C20H17F3O3/c1-4-12-19(2,3)26-17-13-14(10-11-16(17)20(21,22)23)18(24)25-15-8-6-5-7-9-15/h5-11,13H,1-3H3. The quantitative estimate of drug-likeness (QED) is 0.431. The molecule has 0 aromatic heterocycles. The first kappa shape index (κ1) is 19.4. The Morgan fingerprint density at radius 3 is 2.27 bits per heavy atom. The number of rotatable bonds is 4. The van der Waals surface area contributed by atoms with Crippen molar-refractivity contribution < 1.29 is 27.4 Å². The minimum atomic E-state index is -4.63. The second-order valence-corrected chi connectivity index (χ2v) is 5.90. The van der Waals surface area contributed by atoms with Gasteiger partial charge in [-0.25, -0.2) is 4.79 Å². The Bertz CT molecular complexity index is 844. The molecule has 0 atom stereocenters. The summed E-state index contributed by atoms with van der Waals surface area (Å²) in [6, 6.07) is 11.1. The van der Waals surface area contributed by atoms with Crippen LogP contribution in [0.15, 0.2) is 48.5 Å². The van der Waals surface area contributed by atoms with Gasteiger partial charge >= 0.3 is 12.1 Å². The van der Waals surface area contributed by atoms with Crippen molar-refractivity contribution in [2.45, 2.75) is 32.5 Å². The normalized spacial score (nSPS) is 11.3. The second kappa shape index (κ2) is 7.52. The molecule has 0 heterocycles. The summed E-state index contributed by atoms with van der Waals surface area (Å²) in [5.41, 5.74) is -2.20. The molecular weight excluding hydrogens is 345 g/mol. The molecule has 2 aromatic rings. The highest BCUT2D eigenvalue weighted by molar-refractivity contribution is 5.91. The Labute approximate surface area is 149 Å². The number of benzene rings is 2. The van der Waals surface area contributed by atoms with Gasteiger partial charge in [-0.15, -0.1) is 5.92 Å². The van der Waals surface area contributed by atoms with Gasteiger partial charge in [0.2, 0.25) is 0 Å². The van der Waals surface area contributed by atoms with E-state index in [9.17, 15) is 18.0 Å². The van der Waals surface area contributed by atoms with Crippen LogP contribution < -0.4 is 9.47 Å². The van der Waals surface area contributed by atoms with E-state index in [1.807, 2.05) is 0 Å². The van der Waals surface area contributed by atoms with E-state index in [1.54, 1.807) is 51.1 Å².